The fourth-order valence-electron chi connectivity index (χ4n) is 1.12. The predicted molar refractivity (Wildman–Crippen MR) is 44.4 cm³/mol. The van der Waals surface area contributed by atoms with Gasteiger partial charge in [-0.15, -0.1) is 5.46 Å². The second-order valence-corrected chi connectivity index (χ2v) is 2.75. The molecule has 0 bridgehead atoms. The van der Waals surface area contributed by atoms with Crippen molar-refractivity contribution in [2.24, 2.45) is 0 Å². The molecule has 0 aromatic heterocycles. The quantitative estimate of drug-likeness (QED) is 0.479. The number of nitriles is 1. The number of nitrogens with zero attached hydrogens (tertiary/aromatic N) is 1. The van der Waals surface area contributed by atoms with E-state index in [2.05, 4.69) is 0 Å². The normalized spacial score (nSPS) is 10.3. The van der Waals surface area contributed by atoms with Crippen LogP contribution in [0.5, 0.6) is 0 Å². The fraction of sp³-hybridized carbons (Fsp3) is 0.125. The molecule has 7 heteroatoms. The Morgan fingerprint density at radius 2 is 1.87 bits per heavy atom. The molecule has 1 aromatic carbocycles. The van der Waals surface area contributed by atoms with Gasteiger partial charge >= 0.3 is 58.4 Å². The maximum atomic E-state index is 12.5. The summed E-state index contributed by atoms with van der Waals surface area (Å²) in [6.45, 7) is -5.26. The van der Waals surface area contributed by atoms with Gasteiger partial charge in [0.25, 0.3) is 0 Å². The van der Waals surface area contributed by atoms with E-state index in [1.807, 2.05) is 0 Å². The number of benzene rings is 1. The molecule has 0 heterocycles. The van der Waals surface area contributed by atoms with Gasteiger partial charge in [0, 0.05) is 0 Å². The average molecular weight is 241 g/mol. The molecule has 15 heavy (non-hydrogen) atoms. The van der Waals surface area contributed by atoms with Crippen molar-refractivity contribution >= 4 is 12.4 Å². The van der Waals surface area contributed by atoms with Crippen molar-refractivity contribution < 1.29 is 68.7 Å². The molecule has 0 amide bonds. The Kier molecular flexibility index (Phi) is 6.07. The van der Waals surface area contributed by atoms with Crippen LogP contribution in [0.25, 0.3) is 0 Å². The minimum Gasteiger partial charge on any atom is -0.445 e. The molecule has 0 aliphatic carbocycles. The second-order valence-electron chi connectivity index (χ2n) is 2.75. The zero-order valence-corrected chi connectivity index (χ0v) is 11.1. The second kappa shape index (κ2) is 6.01. The van der Waals surface area contributed by atoms with Crippen molar-refractivity contribution in [2.75, 3.05) is 0 Å². The van der Waals surface area contributed by atoms with Crippen LogP contribution in [0, 0.1) is 17.1 Å². The number of hydrogen-bond acceptors (Lipinski definition) is 1. The van der Waals surface area contributed by atoms with Crippen molar-refractivity contribution in [1.29, 1.82) is 5.26 Å². The van der Waals surface area contributed by atoms with Crippen LogP contribution in [-0.4, -0.2) is 6.98 Å². The van der Waals surface area contributed by atoms with Gasteiger partial charge in [-0.25, -0.2) is 4.39 Å². The molecule has 0 spiro atoms. The van der Waals surface area contributed by atoms with E-state index in [9.17, 15) is 17.3 Å². The van der Waals surface area contributed by atoms with Gasteiger partial charge in [-0.2, -0.15) is 5.26 Å². The molecule has 0 radical (unpaired) electrons. The smallest absolute Gasteiger partial charge is 0.445 e. The Bertz CT molecular complexity index is 385. The number of hydrogen-bond donors (Lipinski definition) is 0. The SMILES string of the molecule is N#CCc1ccc(F)cc1[B-](F)(F)F.[K+]. The van der Waals surface area contributed by atoms with Crippen LogP contribution in [0.2, 0.25) is 0 Å². The van der Waals surface area contributed by atoms with Gasteiger partial charge in [0.1, 0.15) is 5.82 Å². The molecule has 0 aliphatic rings. The van der Waals surface area contributed by atoms with Crippen LogP contribution in [0.15, 0.2) is 18.2 Å². The van der Waals surface area contributed by atoms with Crippen LogP contribution in [0.1, 0.15) is 5.56 Å². The summed E-state index contributed by atoms with van der Waals surface area (Å²) in [7, 11) is 0. The van der Waals surface area contributed by atoms with E-state index in [0.717, 1.165) is 12.1 Å². The molecule has 1 nitrogen and oxygen atoms in total. The van der Waals surface area contributed by atoms with E-state index < -0.39 is 18.3 Å². The molecule has 0 fully saturated rings. The zero-order valence-electron chi connectivity index (χ0n) is 7.98. The van der Waals surface area contributed by atoms with E-state index in [0.29, 0.717) is 6.07 Å². The summed E-state index contributed by atoms with van der Waals surface area (Å²) in [6, 6.07) is 3.93. The molecule has 0 saturated heterocycles. The Hall–Kier alpha value is 0.131. The Morgan fingerprint density at radius 3 is 2.33 bits per heavy atom. The third-order valence-corrected chi connectivity index (χ3v) is 1.73. The van der Waals surface area contributed by atoms with Gasteiger partial charge in [-0.1, -0.05) is 17.7 Å². The maximum absolute atomic E-state index is 12.5. The van der Waals surface area contributed by atoms with E-state index >= 15 is 0 Å². The minimum absolute atomic E-state index is 0. The molecule has 0 unspecified atom stereocenters. The first-order valence-corrected chi connectivity index (χ1v) is 3.80. The summed E-state index contributed by atoms with van der Waals surface area (Å²) >= 11 is 0. The predicted octanol–water partition coefficient (Wildman–Crippen LogP) is -1.05. The van der Waals surface area contributed by atoms with Crippen molar-refractivity contribution in [3.05, 3.63) is 29.6 Å². The van der Waals surface area contributed by atoms with Gasteiger partial charge < -0.3 is 12.9 Å². The van der Waals surface area contributed by atoms with Crippen LogP contribution in [-0.2, 0) is 6.42 Å². The van der Waals surface area contributed by atoms with E-state index in [4.69, 9.17) is 5.26 Å². The maximum Gasteiger partial charge on any atom is 1.00 e. The van der Waals surface area contributed by atoms with Crippen LogP contribution in [0.4, 0.5) is 17.3 Å². The Morgan fingerprint density at radius 1 is 1.27 bits per heavy atom. The average Bonchev–Trinajstić information content (AvgIpc) is 2.07. The Balaban J connectivity index is 0.00000196. The molecule has 0 saturated carbocycles. The van der Waals surface area contributed by atoms with Gasteiger partial charge in [0.15, 0.2) is 0 Å². The first-order valence-electron chi connectivity index (χ1n) is 3.80. The molecular formula is C8H5BF4KN. The third kappa shape index (κ3) is 4.25. The summed E-state index contributed by atoms with van der Waals surface area (Å²) in [5.41, 5.74) is -1.20. The summed E-state index contributed by atoms with van der Waals surface area (Å²) < 4.78 is 49.6. The van der Waals surface area contributed by atoms with Gasteiger partial charge in [-0.05, 0) is 6.07 Å². The molecule has 0 atom stereocenters. The minimum atomic E-state index is -5.26. The molecule has 74 valence electrons. The first-order chi connectivity index (χ1) is 6.45. The van der Waals surface area contributed by atoms with Crippen LogP contribution in [0.3, 0.4) is 0 Å². The Labute approximate surface area is 127 Å². The summed E-state index contributed by atoms with van der Waals surface area (Å²) in [5.74, 6) is -0.944. The van der Waals surface area contributed by atoms with Crippen LogP contribution < -0.4 is 56.8 Å². The molecule has 1 aromatic rings. The molecule has 0 aliphatic heterocycles. The van der Waals surface area contributed by atoms with Crippen molar-refractivity contribution in [3.63, 3.8) is 0 Å². The molecular weight excluding hydrogens is 236 g/mol. The standard InChI is InChI=1S/C8H5BF4N.K/c10-7-2-1-6(3-4-14)8(5-7)9(11,12)13;/h1-2,5H,3H2;/q-1;+1. The first kappa shape index (κ1) is 15.1. The zero-order chi connectivity index (χ0) is 10.8. The van der Waals surface area contributed by atoms with E-state index in [1.54, 1.807) is 6.07 Å². The largest absolute Gasteiger partial charge is 1.00 e. The number of halogens is 4. The van der Waals surface area contributed by atoms with Gasteiger partial charge in [0.05, 0.1) is 12.5 Å². The van der Waals surface area contributed by atoms with E-state index in [-0.39, 0.29) is 63.4 Å². The third-order valence-electron chi connectivity index (χ3n) is 1.73. The van der Waals surface area contributed by atoms with Crippen molar-refractivity contribution in [3.8, 4) is 6.07 Å². The van der Waals surface area contributed by atoms with Crippen molar-refractivity contribution in [2.45, 2.75) is 6.42 Å². The molecule has 1 rings (SSSR count). The summed E-state index contributed by atoms with van der Waals surface area (Å²) in [5, 5.41) is 8.28. The fourth-order valence-corrected chi connectivity index (χ4v) is 1.12. The summed E-state index contributed by atoms with van der Waals surface area (Å²) in [6.07, 6.45) is -0.364. The summed E-state index contributed by atoms with van der Waals surface area (Å²) in [4.78, 5) is 0. The van der Waals surface area contributed by atoms with Crippen molar-refractivity contribution in [1.82, 2.24) is 0 Å². The number of rotatable bonds is 2. The molecule has 0 N–H and O–H groups in total. The van der Waals surface area contributed by atoms with Gasteiger partial charge in [-0.3, -0.25) is 0 Å². The van der Waals surface area contributed by atoms with Crippen LogP contribution >= 0.6 is 0 Å². The van der Waals surface area contributed by atoms with E-state index in [1.165, 1.54) is 0 Å². The van der Waals surface area contributed by atoms with Gasteiger partial charge in [0.2, 0.25) is 0 Å². The monoisotopic (exact) mass is 241 g/mol. The topological polar surface area (TPSA) is 23.8 Å².